The molecule has 2 aliphatic rings. The van der Waals surface area contributed by atoms with Crippen molar-refractivity contribution in [3.63, 3.8) is 0 Å². The van der Waals surface area contributed by atoms with Crippen molar-refractivity contribution in [3.8, 4) is 5.75 Å². The lowest BCUT2D eigenvalue weighted by Gasteiger charge is -2.36. The van der Waals surface area contributed by atoms with E-state index in [0.717, 1.165) is 57.7 Å². The Hall–Kier alpha value is -1.52. The first-order chi connectivity index (χ1) is 11.4. The summed E-state index contributed by atoms with van der Waals surface area (Å²) >= 11 is 0. The van der Waals surface area contributed by atoms with Crippen LogP contribution in [0.1, 0.15) is 25.7 Å². The molecule has 1 aromatic rings. The van der Waals surface area contributed by atoms with E-state index in [4.69, 9.17) is 14.2 Å². The highest BCUT2D eigenvalue weighted by molar-refractivity contribution is 5.20. The first-order valence-electron chi connectivity index (χ1n) is 8.72. The standard InChI is InChI=1S/C19H27NO3/c1-2-6-18(7-3-1)23-15-11-20(17-9-13-21-14-10-17)16-19-8-4-5-12-22-19/h1-3,5-7,12,17,19H,4,8-11,13-16H2/t19-/m1/s1. The minimum atomic E-state index is 0.305. The Kier molecular flexibility index (Phi) is 6.35. The van der Waals surface area contributed by atoms with E-state index in [2.05, 4.69) is 11.0 Å². The number of hydrogen-bond acceptors (Lipinski definition) is 4. The van der Waals surface area contributed by atoms with Gasteiger partial charge in [0.05, 0.1) is 6.26 Å². The molecule has 4 nitrogen and oxygen atoms in total. The molecular formula is C19H27NO3. The molecule has 126 valence electrons. The van der Waals surface area contributed by atoms with Gasteiger partial charge in [0.15, 0.2) is 0 Å². The average Bonchev–Trinajstić information content (AvgIpc) is 2.63. The van der Waals surface area contributed by atoms with Crippen LogP contribution in [0.2, 0.25) is 0 Å². The average molecular weight is 317 g/mol. The number of ether oxygens (including phenoxy) is 3. The van der Waals surface area contributed by atoms with E-state index >= 15 is 0 Å². The quantitative estimate of drug-likeness (QED) is 0.772. The van der Waals surface area contributed by atoms with Crippen LogP contribution in [0.3, 0.4) is 0 Å². The summed E-state index contributed by atoms with van der Waals surface area (Å²) in [5.41, 5.74) is 0. The van der Waals surface area contributed by atoms with Gasteiger partial charge < -0.3 is 14.2 Å². The molecule has 1 aromatic carbocycles. The summed E-state index contributed by atoms with van der Waals surface area (Å²) in [6, 6.07) is 10.6. The molecule has 23 heavy (non-hydrogen) atoms. The van der Waals surface area contributed by atoms with E-state index < -0.39 is 0 Å². The molecule has 1 saturated heterocycles. The van der Waals surface area contributed by atoms with E-state index in [1.54, 1.807) is 0 Å². The van der Waals surface area contributed by atoms with Gasteiger partial charge in [0.25, 0.3) is 0 Å². The van der Waals surface area contributed by atoms with Crippen molar-refractivity contribution in [2.24, 2.45) is 0 Å². The summed E-state index contributed by atoms with van der Waals surface area (Å²) in [6.45, 7) is 4.36. The van der Waals surface area contributed by atoms with Crippen LogP contribution in [0.15, 0.2) is 42.7 Å². The molecule has 4 heteroatoms. The molecule has 0 aromatic heterocycles. The monoisotopic (exact) mass is 317 g/mol. The highest BCUT2D eigenvalue weighted by Crippen LogP contribution is 2.19. The first-order valence-corrected chi connectivity index (χ1v) is 8.72. The second kappa shape index (κ2) is 8.94. The molecule has 3 rings (SSSR count). The molecule has 0 saturated carbocycles. The van der Waals surface area contributed by atoms with Crippen LogP contribution in [-0.2, 0) is 9.47 Å². The second-order valence-corrected chi connectivity index (χ2v) is 6.21. The lowest BCUT2D eigenvalue weighted by atomic mass is 10.0. The van der Waals surface area contributed by atoms with Gasteiger partial charge in [0.2, 0.25) is 0 Å². The molecule has 0 radical (unpaired) electrons. The third-order valence-corrected chi connectivity index (χ3v) is 4.56. The number of allylic oxidation sites excluding steroid dienone is 1. The molecule has 1 atom stereocenters. The summed E-state index contributed by atoms with van der Waals surface area (Å²) < 4.78 is 17.2. The van der Waals surface area contributed by atoms with E-state index in [-0.39, 0.29) is 0 Å². The van der Waals surface area contributed by atoms with Gasteiger partial charge in [-0.25, -0.2) is 0 Å². The van der Waals surface area contributed by atoms with Crippen LogP contribution in [0.5, 0.6) is 5.75 Å². The number of para-hydroxylation sites is 1. The molecule has 0 unspecified atom stereocenters. The van der Waals surface area contributed by atoms with E-state index in [0.29, 0.717) is 18.8 Å². The maximum atomic E-state index is 5.89. The number of rotatable bonds is 7. The van der Waals surface area contributed by atoms with Crippen LogP contribution < -0.4 is 4.74 Å². The van der Waals surface area contributed by atoms with Gasteiger partial charge in [-0.15, -0.1) is 0 Å². The van der Waals surface area contributed by atoms with Crippen LogP contribution >= 0.6 is 0 Å². The Morgan fingerprint density at radius 1 is 1.09 bits per heavy atom. The zero-order chi connectivity index (χ0) is 15.7. The van der Waals surface area contributed by atoms with Gasteiger partial charge in [-0.2, -0.15) is 0 Å². The molecule has 0 bridgehead atoms. The third kappa shape index (κ3) is 5.26. The Balaban J connectivity index is 1.52. The molecule has 0 amide bonds. The van der Waals surface area contributed by atoms with Gasteiger partial charge in [0.1, 0.15) is 18.5 Å². The van der Waals surface area contributed by atoms with Crippen LogP contribution in [-0.4, -0.2) is 50.0 Å². The predicted molar refractivity (Wildman–Crippen MR) is 90.6 cm³/mol. The zero-order valence-corrected chi connectivity index (χ0v) is 13.7. The van der Waals surface area contributed by atoms with Crippen molar-refractivity contribution >= 4 is 0 Å². The van der Waals surface area contributed by atoms with Crippen LogP contribution in [0, 0.1) is 0 Å². The zero-order valence-electron chi connectivity index (χ0n) is 13.7. The largest absolute Gasteiger partial charge is 0.497 e. The fourth-order valence-corrected chi connectivity index (χ4v) is 3.25. The Labute approximate surface area is 139 Å². The molecule has 2 heterocycles. The molecular weight excluding hydrogens is 290 g/mol. The van der Waals surface area contributed by atoms with Crippen molar-refractivity contribution in [3.05, 3.63) is 42.7 Å². The lowest BCUT2D eigenvalue weighted by molar-refractivity contribution is 0.00313. The topological polar surface area (TPSA) is 30.9 Å². The number of nitrogens with zero attached hydrogens (tertiary/aromatic N) is 1. The molecule has 2 aliphatic heterocycles. The van der Waals surface area contributed by atoms with E-state index in [9.17, 15) is 0 Å². The first kappa shape index (κ1) is 16.3. The Morgan fingerprint density at radius 2 is 1.91 bits per heavy atom. The van der Waals surface area contributed by atoms with Gasteiger partial charge in [0, 0.05) is 32.3 Å². The second-order valence-electron chi connectivity index (χ2n) is 6.21. The van der Waals surface area contributed by atoms with Gasteiger partial charge >= 0.3 is 0 Å². The Morgan fingerprint density at radius 3 is 2.65 bits per heavy atom. The lowest BCUT2D eigenvalue weighted by Crippen LogP contribution is -2.45. The normalized spacial score (nSPS) is 22.0. The highest BCUT2D eigenvalue weighted by atomic mass is 16.5. The maximum Gasteiger partial charge on any atom is 0.119 e. The summed E-state index contributed by atoms with van der Waals surface area (Å²) in [7, 11) is 0. The number of hydrogen-bond donors (Lipinski definition) is 0. The minimum Gasteiger partial charge on any atom is -0.497 e. The summed E-state index contributed by atoms with van der Waals surface area (Å²) in [5, 5.41) is 0. The van der Waals surface area contributed by atoms with Crippen LogP contribution in [0.25, 0.3) is 0 Å². The summed E-state index contributed by atoms with van der Waals surface area (Å²) in [4.78, 5) is 2.54. The number of benzene rings is 1. The molecule has 1 fully saturated rings. The van der Waals surface area contributed by atoms with Gasteiger partial charge in [-0.05, 0) is 43.9 Å². The van der Waals surface area contributed by atoms with Gasteiger partial charge in [-0.1, -0.05) is 18.2 Å². The smallest absolute Gasteiger partial charge is 0.119 e. The van der Waals surface area contributed by atoms with Crippen molar-refractivity contribution in [1.29, 1.82) is 0 Å². The Bertz CT molecular complexity index is 471. The third-order valence-electron chi connectivity index (χ3n) is 4.56. The SMILES string of the molecule is C1=CO[C@@H](CN(CCOc2ccccc2)C2CCOCC2)CC1. The minimum absolute atomic E-state index is 0.305. The molecule has 0 spiro atoms. The van der Waals surface area contributed by atoms with E-state index in [1.165, 1.54) is 0 Å². The van der Waals surface area contributed by atoms with Crippen molar-refractivity contribution in [2.45, 2.75) is 37.8 Å². The molecule has 0 N–H and O–H groups in total. The fraction of sp³-hybridized carbons (Fsp3) is 0.579. The highest BCUT2D eigenvalue weighted by Gasteiger charge is 2.25. The van der Waals surface area contributed by atoms with Gasteiger partial charge in [-0.3, -0.25) is 4.90 Å². The maximum absolute atomic E-state index is 5.89. The molecule has 0 aliphatic carbocycles. The fourth-order valence-electron chi connectivity index (χ4n) is 3.25. The predicted octanol–water partition coefficient (Wildman–Crippen LogP) is 3.24. The van der Waals surface area contributed by atoms with Crippen molar-refractivity contribution in [2.75, 3.05) is 32.9 Å². The summed E-state index contributed by atoms with van der Waals surface area (Å²) in [6.07, 6.45) is 8.70. The van der Waals surface area contributed by atoms with Crippen molar-refractivity contribution < 1.29 is 14.2 Å². The van der Waals surface area contributed by atoms with E-state index in [1.807, 2.05) is 36.6 Å². The van der Waals surface area contributed by atoms with Crippen molar-refractivity contribution in [1.82, 2.24) is 4.90 Å². The van der Waals surface area contributed by atoms with Crippen LogP contribution in [0.4, 0.5) is 0 Å². The summed E-state index contributed by atoms with van der Waals surface area (Å²) in [5.74, 6) is 0.941.